The highest BCUT2D eigenvalue weighted by Gasteiger charge is 2.30. The first-order chi connectivity index (χ1) is 5.41. The molecule has 70 valence electrons. The molecule has 12 heavy (non-hydrogen) atoms. The van der Waals surface area contributed by atoms with Crippen LogP contribution in [0.1, 0.15) is 34.1 Å². The number of nitrogens with zero attached hydrogens (tertiary/aromatic N) is 1. The van der Waals surface area contributed by atoms with Crippen LogP contribution in [-0.2, 0) is 4.79 Å². The molecule has 1 aliphatic heterocycles. The number of ketones is 1. The summed E-state index contributed by atoms with van der Waals surface area (Å²) in [7, 11) is 0. The van der Waals surface area contributed by atoms with Gasteiger partial charge in [-0.2, -0.15) is 0 Å². The minimum absolute atomic E-state index is 0.282. The maximum Gasteiger partial charge on any atom is 0.148 e. The predicted molar refractivity (Wildman–Crippen MR) is 50.1 cm³/mol. The number of carbonyl (C=O) groups is 1. The molecule has 0 aromatic heterocycles. The first-order valence-electron chi connectivity index (χ1n) is 4.67. The van der Waals surface area contributed by atoms with E-state index < -0.39 is 0 Å². The van der Waals surface area contributed by atoms with Gasteiger partial charge in [-0.3, -0.25) is 9.69 Å². The fourth-order valence-corrected chi connectivity index (χ4v) is 1.53. The van der Waals surface area contributed by atoms with Crippen LogP contribution >= 0.6 is 0 Å². The number of carbonyl (C=O) groups excluding carboxylic acids is 1. The average Bonchev–Trinajstić information content (AvgIpc) is 2.32. The van der Waals surface area contributed by atoms with Gasteiger partial charge in [0, 0.05) is 19.0 Å². The fourth-order valence-electron chi connectivity index (χ4n) is 1.53. The van der Waals surface area contributed by atoms with Crippen LogP contribution in [0.5, 0.6) is 0 Å². The molecule has 0 amide bonds. The number of Topliss-reactive ketones (excluding diaryl/α,β-unsaturated/α-hetero) is 1. The summed E-state index contributed by atoms with van der Waals surface area (Å²) in [6.45, 7) is 10.5. The first kappa shape index (κ1) is 9.72. The van der Waals surface area contributed by atoms with Crippen LogP contribution in [0.15, 0.2) is 0 Å². The molecule has 1 atom stereocenters. The van der Waals surface area contributed by atoms with Gasteiger partial charge in [0.15, 0.2) is 0 Å². The van der Waals surface area contributed by atoms with E-state index in [-0.39, 0.29) is 5.41 Å². The van der Waals surface area contributed by atoms with Crippen LogP contribution in [0.4, 0.5) is 0 Å². The number of hydrogen-bond acceptors (Lipinski definition) is 2. The highest BCUT2D eigenvalue weighted by atomic mass is 16.1. The summed E-state index contributed by atoms with van der Waals surface area (Å²) in [5.74, 6) is 0.395. The molecule has 0 aromatic rings. The van der Waals surface area contributed by atoms with Crippen LogP contribution in [-0.4, -0.2) is 29.8 Å². The highest BCUT2D eigenvalue weighted by molar-refractivity contribution is 5.82. The van der Waals surface area contributed by atoms with Crippen molar-refractivity contribution in [2.24, 2.45) is 5.41 Å². The van der Waals surface area contributed by atoms with Gasteiger partial charge >= 0.3 is 0 Å². The third-order valence-corrected chi connectivity index (χ3v) is 2.86. The molecule has 1 unspecified atom stereocenters. The molecule has 1 aliphatic rings. The van der Waals surface area contributed by atoms with Crippen molar-refractivity contribution in [3.8, 4) is 0 Å². The van der Waals surface area contributed by atoms with Crippen molar-refractivity contribution < 1.29 is 4.79 Å². The maximum atomic E-state index is 11.0. The number of hydrogen-bond donors (Lipinski definition) is 0. The Bertz CT molecular complexity index is 181. The van der Waals surface area contributed by atoms with E-state index in [0.717, 1.165) is 13.0 Å². The van der Waals surface area contributed by atoms with Gasteiger partial charge in [-0.05, 0) is 12.3 Å². The van der Waals surface area contributed by atoms with Gasteiger partial charge < -0.3 is 0 Å². The summed E-state index contributed by atoms with van der Waals surface area (Å²) < 4.78 is 0. The lowest BCUT2D eigenvalue weighted by molar-refractivity contribution is -0.117. The van der Waals surface area contributed by atoms with Crippen LogP contribution in [0.3, 0.4) is 0 Å². The lowest BCUT2D eigenvalue weighted by Gasteiger charge is -2.34. The summed E-state index contributed by atoms with van der Waals surface area (Å²) in [5, 5.41) is 0. The zero-order valence-corrected chi connectivity index (χ0v) is 8.55. The molecule has 2 nitrogen and oxygen atoms in total. The summed E-state index contributed by atoms with van der Waals surface area (Å²) in [6.07, 6.45) is 0.750. The van der Waals surface area contributed by atoms with Gasteiger partial charge in [-0.25, -0.2) is 0 Å². The molecule has 0 N–H and O–H groups in total. The van der Waals surface area contributed by atoms with E-state index in [9.17, 15) is 4.79 Å². The van der Waals surface area contributed by atoms with Crippen LogP contribution in [0.2, 0.25) is 0 Å². The lowest BCUT2D eigenvalue weighted by atomic mass is 9.87. The van der Waals surface area contributed by atoms with E-state index in [0.29, 0.717) is 18.4 Å². The Morgan fingerprint density at radius 3 is 2.33 bits per heavy atom. The fraction of sp³-hybridized carbons (Fsp3) is 0.900. The van der Waals surface area contributed by atoms with E-state index in [1.165, 1.54) is 0 Å². The van der Waals surface area contributed by atoms with Gasteiger partial charge in [-0.1, -0.05) is 20.8 Å². The zero-order valence-electron chi connectivity index (χ0n) is 8.55. The van der Waals surface area contributed by atoms with Crippen molar-refractivity contribution >= 4 is 5.78 Å². The van der Waals surface area contributed by atoms with Gasteiger partial charge in [-0.15, -0.1) is 0 Å². The molecule has 0 saturated carbocycles. The van der Waals surface area contributed by atoms with Crippen molar-refractivity contribution in [3.63, 3.8) is 0 Å². The normalized spacial score (nSPS) is 23.2. The van der Waals surface area contributed by atoms with Crippen molar-refractivity contribution in [1.82, 2.24) is 4.90 Å². The number of likely N-dealkylation sites (tertiary alicyclic amines) is 1. The van der Waals surface area contributed by atoms with E-state index in [1.807, 2.05) is 0 Å². The summed E-state index contributed by atoms with van der Waals surface area (Å²) in [5.41, 5.74) is 0.282. The molecule has 1 rings (SSSR count). The first-order valence-corrected chi connectivity index (χ1v) is 4.67. The summed E-state index contributed by atoms with van der Waals surface area (Å²) >= 11 is 0. The summed E-state index contributed by atoms with van der Waals surface area (Å²) in [4.78, 5) is 13.3. The minimum atomic E-state index is 0.282. The second-order valence-electron chi connectivity index (χ2n) is 4.80. The average molecular weight is 169 g/mol. The molecule has 0 radical (unpaired) electrons. The van der Waals surface area contributed by atoms with Gasteiger partial charge in [0.1, 0.15) is 5.78 Å². The predicted octanol–water partition coefficient (Wildman–Crippen LogP) is 1.70. The third kappa shape index (κ3) is 2.07. The Morgan fingerprint density at radius 1 is 1.42 bits per heavy atom. The standard InChI is InChI=1S/C10H19NO/c1-8(10(2,3)4)11-6-5-9(12)7-11/h8H,5-7H2,1-4H3. The highest BCUT2D eigenvalue weighted by Crippen LogP contribution is 2.25. The van der Waals surface area contributed by atoms with Crippen molar-refractivity contribution in [1.29, 1.82) is 0 Å². The van der Waals surface area contributed by atoms with E-state index >= 15 is 0 Å². The van der Waals surface area contributed by atoms with E-state index in [4.69, 9.17) is 0 Å². The molecular weight excluding hydrogens is 150 g/mol. The lowest BCUT2D eigenvalue weighted by Crippen LogP contribution is -2.40. The second kappa shape index (κ2) is 3.17. The Labute approximate surface area is 74.9 Å². The topological polar surface area (TPSA) is 20.3 Å². The van der Waals surface area contributed by atoms with Crippen molar-refractivity contribution in [3.05, 3.63) is 0 Å². The maximum absolute atomic E-state index is 11.0. The van der Waals surface area contributed by atoms with E-state index in [2.05, 4.69) is 32.6 Å². The van der Waals surface area contributed by atoms with Crippen molar-refractivity contribution in [2.75, 3.05) is 13.1 Å². The van der Waals surface area contributed by atoms with Crippen LogP contribution in [0.25, 0.3) is 0 Å². The Hall–Kier alpha value is -0.370. The molecule has 0 aliphatic carbocycles. The van der Waals surface area contributed by atoms with Crippen molar-refractivity contribution in [2.45, 2.75) is 40.2 Å². The molecule has 1 heterocycles. The van der Waals surface area contributed by atoms with E-state index in [1.54, 1.807) is 0 Å². The largest absolute Gasteiger partial charge is 0.298 e. The molecule has 2 heteroatoms. The van der Waals surface area contributed by atoms with Crippen LogP contribution < -0.4 is 0 Å². The zero-order chi connectivity index (χ0) is 9.35. The van der Waals surface area contributed by atoms with Crippen LogP contribution in [0, 0.1) is 5.41 Å². The van der Waals surface area contributed by atoms with Gasteiger partial charge in [0.05, 0.1) is 6.54 Å². The molecule has 1 saturated heterocycles. The Morgan fingerprint density at radius 2 is 2.00 bits per heavy atom. The smallest absolute Gasteiger partial charge is 0.148 e. The summed E-state index contributed by atoms with van der Waals surface area (Å²) in [6, 6.07) is 0.504. The third-order valence-electron chi connectivity index (χ3n) is 2.86. The molecule has 0 aromatic carbocycles. The second-order valence-corrected chi connectivity index (χ2v) is 4.80. The molecule has 0 bridgehead atoms. The monoisotopic (exact) mass is 169 g/mol. The molecule has 0 spiro atoms. The number of rotatable bonds is 1. The molecule has 1 fully saturated rings. The van der Waals surface area contributed by atoms with Gasteiger partial charge in [0.25, 0.3) is 0 Å². The minimum Gasteiger partial charge on any atom is -0.298 e. The van der Waals surface area contributed by atoms with Gasteiger partial charge in [0.2, 0.25) is 0 Å². The molecular formula is C10H19NO. The Kier molecular flexibility index (Phi) is 2.57. The Balaban J connectivity index is 2.54. The quantitative estimate of drug-likeness (QED) is 0.595. The SMILES string of the molecule is CC(N1CCC(=O)C1)C(C)(C)C.